The number of anilines is 1. The fourth-order valence-electron chi connectivity index (χ4n) is 2.13. The first-order valence-corrected chi connectivity index (χ1v) is 11.0. The molecule has 0 saturated heterocycles. The van der Waals surface area contributed by atoms with E-state index in [1.54, 1.807) is 0 Å². The van der Waals surface area contributed by atoms with Crippen molar-refractivity contribution in [2.45, 2.75) is 21.9 Å². The molecule has 142 valence electrons. The maximum absolute atomic E-state index is 13.8. The summed E-state index contributed by atoms with van der Waals surface area (Å²) in [6.07, 6.45) is 0. The minimum absolute atomic E-state index is 0.0281. The van der Waals surface area contributed by atoms with E-state index in [1.165, 1.54) is 36.6 Å². The lowest BCUT2D eigenvalue weighted by Crippen LogP contribution is -2.13. The molecular weight excluding hydrogens is 409 g/mol. The van der Waals surface area contributed by atoms with Crippen LogP contribution in [0.4, 0.5) is 9.52 Å². The average molecular weight is 426 g/mol. The van der Waals surface area contributed by atoms with Gasteiger partial charge in [0.05, 0.1) is 12.0 Å². The van der Waals surface area contributed by atoms with Crippen LogP contribution in [0.2, 0.25) is 0 Å². The molecule has 0 unspecified atom stereocenters. The first-order valence-electron chi connectivity index (χ1n) is 7.75. The molecule has 0 amide bonds. The zero-order valence-corrected chi connectivity index (χ0v) is 16.9. The predicted octanol–water partition coefficient (Wildman–Crippen LogP) is 4.09. The number of methoxy groups -OCH3 is 1. The Hall–Kier alpha value is -2.17. The number of ether oxygens (including phenoxy) is 1. The molecule has 0 bridgehead atoms. The van der Waals surface area contributed by atoms with Gasteiger partial charge in [0.15, 0.2) is 15.9 Å². The van der Waals surface area contributed by atoms with Crippen LogP contribution in [0.1, 0.15) is 11.1 Å². The minimum atomic E-state index is -3.97. The number of rotatable bonds is 7. The number of hydrogen-bond donors (Lipinski definition) is 1. The molecule has 27 heavy (non-hydrogen) atoms. The SMILES string of the molecule is COc1ccc(S(=O)(=O)Nc2nnc(SCc3ccc(C)cc3)s2)cc1F. The van der Waals surface area contributed by atoms with Crippen LogP contribution in [-0.4, -0.2) is 25.7 Å². The molecule has 0 radical (unpaired) electrons. The lowest BCUT2D eigenvalue weighted by Gasteiger charge is -2.06. The quantitative estimate of drug-likeness (QED) is 0.574. The molecule has 0 aliphatic rings. The Labute approximate surface area is 164 Å². The van der Waals surface area contributed by atoms with Crippen molar-refractivity contribution in [2.75, 3.05) is 11.8 Å². The number of aryl methyl sites for hydroxylation is 1. The van der Waals surface area contributed by atoms with Crippen molar-refractivity contribution in [3.8, 4) is 5.75 Å². The number of nitrogens with zero attached hydrogens (tertiary/aromatic N) is 2. The fraction of sp³-hybridized carbons (Fsp3) is 0.176. The minimum Gasteiger partial charge on any atom is -0.494 e. The fourth-order valence-corrected chi connectivity index (χ4v) is 5.08. The molecule has 0 fully saturated rings. The molecule has 1 heterocycles. The van der Waals surface area contributed by atoms with Gasteiger partial charge in [-0.05, 0) is 30.7 Å². The lowest BCUT2D eigenvalue weighted by molar-refractivity contribution is 0.385. The van der Waals surface area contributed by atoms with Gasteiger partial charge in [0.2, 0.25) is 5.13 Å². The van der Waals surface area contributed by atoms with Crippen molar-refractivity contribution >= 4 is 38.3 Å². The van der Waals surface area contributed by atoms with E-state index in [9.17, 15) is 12.8 Å². The molecule has 3 rings (SSSR count). The largest absolute Gasteiger partial charge is 0.494 e. The Bertz CT molecular complexity index is 1040. The summed E-state index contributed by atoms with van der Waals surface area (Å²) in [6, 6.07) is 11.5. The maximum Gasteiger partial charge on any atom is 0.263 e. The summed E-state index contributed by atoms with van der Waals surface area (Å²) >= 11 is 2.58. The van der Waals surface area contributed by atoms with E-state index in [2.05, 4.69) is 14.9 Å². The van der Waals surface area contributed by atoms with Crippen LogP contribution in [-0.2, 0) is 15.8 Å². The third-order valence-electron chi connectivity index (χ3n) is 3.54. The van der Waals surface area contributed by atoms with E-state index in [-0.39, 0.29) is 15.8 Å². The summed E-state index contributed by atoms with van der Waals surface area (Å²) in [7, 11) is -2.66. The highest BCUT2D eigenvalue weighted by Crippen LogP contribution is 2.30. The van der Waals surface area contributed by atoms with Crippen molar-refractivity contribution in [1.82, 2.24) is 10.2 Å². The van der Waals surface area contributed by atoms with Crippen molar-refractivity contribution in [3.63, 3.8) is 0 Å². The Kier molecular flexibility index (Phi) is 5.98. The topological polar surface area (TPSA) is 81.2 Å². The predicted molar refractivity (Wildman–Crippen MR) is 104 cm³/mol. The van der Waals surface area contributed by atoms with Crippen LogP contribution in [0.5, 0.6) is 5.75 Å². The van der Waals surface area contributed by atoms with Gasteiger partial charge in [0.25, 0.3) is 10.0 Å². The van der Waals surface area contributed by atoms with Crippen molar-refractivity contribution in [2.24, 2.45) is 0 Å². The Morgan fingerprint density at radius 2 is 1.93 bits per heavy atom. The molecule has 1 N–H and O–H groups in total. The zero-order valence-electron chi connectivity index (χ0n) is 14.5. The molecule has 0 aliphatic heterocycles. The van der Waals surface area contributed by atoms with Gasteiger partial charge in [-0.25, -0.2) is 12.8 Å². The zero-order chi connectivity index (χ0) is 19.4. The van der Waals surface area contributed by atoms with Crippen LogP contribution >= 0.6 is 23.1 Å². The number of aromatic nitrogens is 2. The Morgan fingerprint density at radius 1 is 1.19 bits per heavy atom. The van der Waals surface area contributed by atoms with E-state index in [0.29, 0.717) is 10.1 Å². The summed E-state index contributed by atoms with van der Waals surface area (Å²) in [4.78, 5) is -0.218. The van der Waals surface area contributed by atoms with Crippen molar-refractivity contribution in [3.05, 3.63) is 59.4 Å². The molecule has 0 atom stereocenters. The van der Waals surface area contributed by atoms with Gasteiger partial charge in [0.1, 0.15) is 0 Å². The Balaban J connectivity index is 1.67. The molecule has 1 aromatic heterocycles. The highest BCUT2D eigenvalue weighted by molar-refractivity contribution is 8.00. The smallest absolute Gasteiger partial charge is 0.263 e. The molecule has 10 heteroatoms. The summed E-state index contributed by atoms with van der Waals surface area (Å²) in [6.45, 7) is 2.02. The number of thioether (sulfide) groups is 1. The molecule has 3 aromatic rings. The van der Waals surface area contributed by atoms with Crippen molar-refractivity contribution < 1.29 is 17.5 Å². The molecule has 0 spiro atoms. The molecular formula is C17H16FN3O3S3. The first-order chi connectivity index (χ1) is 12.9. The van der Waals surface area contributed by atoms with Crippen LogP contribution in [0.15, 0.2) is 51.7 Å². The third kappa shape index (κ3) is 4.96. The summed E-state index contributed by atoms with van der Waals surface area (Å²) < 4.78 is 46.3. The number of nitrogens with one attached hydrogen (secondary N) is 1. The summed E-state index contributed by atoms with van der Waals surface area (Å²) in [5.74, 6) is -0.0858. The van der Waals surface area contributed by atoms with Gasteiger partial charge in [0, 0.05) is 5.75 Å². The van der Waals surface area contributed by atoms with E-state index in [0.717, 1.165) is 23.0 Å². The Morgan fingerprint density at radius 3 is 2.59 bits per heavy atom. The van der Waals surface area contributed by atoms with Crippen LogP contribution in [0.3, 0.4) is 0 Å². The molecule has 0 aliphatic carbocycles. The van der Waals surface area contributed by atoms with Crippen LogP contribution < -0.4 is 9.46 Å². The second kappa shape index (κ2) is 8.24. The normalized spacial score (nSPS) is 11.4. The van der Waals surface area contributed by atoms with E-state index in [1.807, 2.05) is 31.2 Å². The van der Waals surface area contributed by atoms with Crippen LogP contribution in [0.25, 0.3) is 0 Å². The average Bonchev–Trinajstić information content (AvgIpc) is 3.08. The number of hydrogen-bond acceptors (Lipinski definition) is 7. The van der Waals surface area contributed by atoms with Gasteiger partial charge in [-0.3, -0.25) is 4.72 Å². The van der Waals surface area contributed by atoms with Crippen LogP contribution in [0, 0.1) is 12.7 Å². The number of sulfonamides is 1. The first kappa shape index (κ1) is 19.6. The van der Waals surface area contributed by atoms with E-state index < -0.39 is 15.8 Å². The van der Waals surface area contributed by atoms with Gasteiger partial charge in [-0.15, -0.1) is 10.2 Å². The highest BCUT2D eigenvalue weighted by atomic mass is 32.2. The van der Waals surface area contributed by atoms with Gasteiger partial charge >= 0.3 is 0 Å². The third-order valence-corrected chi connectivity index (χ3v) is 7.05. The standard InChI is InChI=1S/C17H16FN3O3S3/c1-11-3-5-12(6-4-11)10-25-17-20-19-16(26-17)21-27(22,23)13-7-8-15(24-2)14(18)9-13/h3-9H,10H2,1-2H3,(H,19,21). The number of benzene rings is 2. The molecule has 6 nitrogen and oxygen atoms in total. The lowest BCUT2D eigenvalue weighted by atomic mass is 10.2. The van der Waals surface area contributed by atoms with Crippen molar-refractivity contribution in [1.29, 1.82) is 0 Å². The highest BCUT2D eigenvalue weighted by Gasteiger charge is 2.19. The summed E-state index contributed by atoms with van der Waals surface area (Å²) in [5, 5.41) is 7.95. The van der Waals surface area contributed by atoms with Gasteiger partial charge in [-0.2, -0.15) is 0 Å². The summed E-state index contributed by atoms with van der Waals surface area (Å²) in [5.41, 5.74) is 2.32. The van der Waals surface area contributed by atoms with E-state index in [4.69, 9.17) is 4.74 Å². The monoisotopic (exact) mass is 425 g/mol. The second-order valence-electron chi connectivity index (χ2n) is 5.55. The number of halogens is 1. The molecule has 2 aromatic carbocycles. The van der Waals surface area contributed by atoms with E-state index >= 15 is 0 Å². The molecule has 0 saturated carbocycles. The second-order valence-corrected chi connectivity index (χ2v) is 9.43. The van der Waals surface area contributed by atoms with Gasteiger partial charge < -0.3 is 4.74 Å². The maximum atomic E-state index is 13.8. The van der Waals surface area contributed by atoms with Gasteiger partial charge in [-0.1, -0.05) is 52.9 Å².